The molecule has 86 valence electrons. The summed E-state index contributed by atoms with van der Waals surface area (Å²) in [6.45, 7) is 6.67. The first kappa shape index (κ1) is 11.6. The second-order valence-corrected chi connectivity index (χ2v) is 4.78. The Kier molecular flexibility index (Phi) is 3.06. The SMILES string of the molecule is CC1OB(c2cccc(CN)c2)OC1(C)C. The van der Waals surface area contributed by atoms with Gasteiger partial charge in [0, 0.05) is 6.54 Å². The molecule has 2 rings (SSSR count). The third-order valence-corrected chi connectivity index (χ3v) is 3.18. The number of hydrogen-bond acceptors (Lipinski definition) is 3. The van der Waals surface area contributed by atoms with Gasteiger partial charge >= 0.3 is 7.12 Å². The van der Waals surface area contributed by atoms with Gasteiger partial charge in [-0.1, -0.05) is 24.3 Å². The van der Waals surface area contributed by atoms with E-state index in [2.05, 4.69) is 0 Å². The first-order chi connectivity index (χ1) is 7.53. The van der Waals surface area contributed by atoms with Gasteiger partial charge < -0.3 is 15.0 Å². The van der Waals surface area contributed by atoms with Crippen molar-refractivity contribution in [3.05, 3.63) is 29.8 Å². The smallest absolute Gasteiger partial charge is 0.402 e. The molecule has 3 nitrogen and oxygen atoms in total. The zero-order valence-corrected chi connectivity index (χ0v) is 10.1. The van der Waals surface area contributed by atoms with Crippen molar-refractivity contribution in [3.8, 4) is 0 Å². The summed E-state index contributed by atoms with van der Waals surface area (Å²) in [6.07, 6.45) is 0.0963. The van der Waals surface area contributed by atoms with E-state index in [0.717, 1.165) is 11.0 Å². The molecule has 0 radical (unpaired) electrons. The third-order valence-electron chi connectivity index (χ3n) is 3.18. The summed E-state index contributed by atoms with van der Waals surface area (Å²) in [5.74, 6) is 0. The van der Waals surface area contributed by atoms with Crippen LogP contribution in [-0.4, -0.2) is 18.8 Å². The maximum absolute atomic E-state index is 5.88. The van der Waals surface area contributed by atoms with Crippen molar-refractivity contribution in [2.24, 2.45) is 5.73 Å². The van der Waals surface area contributed by atoms with Crippen LogP contribution in [-0.2, 0) is 15.9 Å². The standard InChI is InChI=1S/C12H18BNO2/c1-9-12(2,3)16-13(15-9)11-6-4-5-10(7-11)8-14/h4-7,9H,8,14H2,1-3H3. The first-order valence-electron chi connectivity index (χ1n) is 5.65. The van der Waals surface area contributed by atoms with Gasteiger partial charge in [0.25, 0.3) is 0 Å². The maximum atomic E-state index is 5.88. The summed E-state index contributed by atoms with van der Waals surface area (Å²) < 4.78 is 11.7. The second-order valence-electron chi connectivity index (χ2n) is 4.78. The summed E-state index contributed by atoms with van der Waals surface area (Å²) in [5.41, 5.74) is 7.52. The molecule has 1 saturated heterocycles. The Hall–Kier alpha value is -0.835. The van der Waals surface area contributed by atoms with Crippen molar-refractivity contribution in [1.29, 1.82) is 0 Å². The Morgan fingerprint density at radius 1 is 1.44 bits per heavy atom. The predicted molar refractivity (Wildman–Crippen MR) is 65.4 cm³/mol. The largest absolute Gasteiger partial charge is 0.494 e. The van der Waals surface area contributed by atoms with E-state index < -0.39 is 0 Å². The summed E-state index contributed by atoms with van der Waals surface area (Å²) >= 11 is 0. The van der Waals surface area contributed by atoms with Crippen LogP contribution in [0, 0.1) is 0 Å². The normalized spacial score (nSPS) is 23.8. The van der Waals surface area contributed by atoms with Gasteiger partial charge in [-0.3, -0.25) is 0 Å². The van der Waals surface area contributed by atoms with E-state index in [1.54, 1.807) is 0 Å². The van der Waals surface area contributed by atoms with Crippen molar-refractivity contribution in [2.75, 3.05) is 0 Å². The van der Waals surface area contributed by atoms with Crippen molar-refractivity contribution in [1.82, 2.24) is 0 Å². The van der Waals surface area contributed by atoms with Crippen LogP contribution in [0.2, 0.25) is 0 Å². The number of nitrogens with two attached hydrogens (primary N) is 1. The minimum Gasteiger partial charge on any atom is -0.402 e. The van der Waals surface area contributed by atoms with Crippen molar-refractivity contribution < 1.29 is 9.31 Å². The van der Waals surface area contributed by atoms with Gasteiger partial charge in [-0.15, -0.1) is 0 Å². The van der Waals surface area contributed by atoms with Gasteiger partial charge in [0.05, 0.1) is 11.7 Å². The highest BCUT2D eigenvalue weighted by Crippen LogP contribution is 2.26. The molecule has 1 aliphatic heterocycles. The lowest BCUT2D eigenvalue weighted by Gasteiger charge is -2.21. The maximum Gasteiger partial charge on any atom is 0.494 e. The molecule has 4 heteroatoms. The zero-order valence-electron chi connectivity index (χ0n) is 10.1. The molecule has 1 atom stereocenters. The fourth-order valence-corrected chi connectivity index (χ4v) is 1.76. The van der Waals surface area contributed by atoms with E-state index in [1.807, 2.05) is 45.0 Å². The fraction of sp³-hybridized carbons (Fsp3) is 0.500. The molecular weight excluding hydrogens is 201 g/mol. The van der Waals surface area contributed by atoms with Crippen LogP contribution in [0.5, 0.6) is 0 Å². The molecule has 1 heterocycles. The van der Waals surface area contributed by atoms with Gasteiger partial charge in [0.1, 0.15) is 0 Å². The van der Waals surface area contributed by atoms with Crippen LogP contribution < -0.4 is 11.2 Å². The highest BCUT2D eigenvalue weighted by Gasteiger charge is 2.43. The number of rotatable bonds is 2. The van der Waals surface area contributed by atoms with Crippen molar-refractivity contribution in [3.63, 3.8) is 0 Å². The van der Waals surface area contributed by atoms with Crippen LogP contribution >= 0.6 is 0 Å². The van der Waals surface area contributed by atoms with E-state index in [4.69, 9.17) is 15.0 Å². The molecule has 0 bridgehead atoms. The zero-order chi connectivity index (χ0) is 11.8. The van der Waals surface area contributed by atoms with Crippen LogP contribution in [0.1, 0.15) is 26.3 Å². The molecule has 2 N–H and O–H groups in total. The van der Waals surface area contributed by atoms with E-state index in [1.165, 1.54) is 0 Å². The Morgan fingerprint density at radius 2 is 2.19 bits per heavy atom. The van der Waals surface area contributed by atoms with Gasteiger partial charge in [0.15, 0.2) is 0 Å². The first-order valence-corrected chi connectivity index (χ1v) is 5.65. The van der Waals surface area contributed by atoms with Crippen LogP contribution in [0.15, 0.2) is 24.3 Å². The number of benzene rings is 1. The molecular formula is C12H18BNO2. The van der Waals surface area contributed by atoms with Crippen LogP contribution in [0.25, 0.3) is 0 Å². The number of hydrogen-bond donors (Lipinski definition) is 1. The molecule has 16 heavy (non-hydrogen) atoms. The summed E-state index contributed by atoms with van der Waals surface area (Å²) in [5, 5.41) is 0. The highest BCUT2D eigenvalue weighted by molar-refractivity contribution is 6.62. The Balaban J connectivity index is 2.20. The molecule has 1 aromatic carbocycles. The topological polar surface area (TPSA) is 44.5 Å². The summed E-state index contributed by atoms with van der Waals surface area (Å²) in [4.78, 5) is 0. The lowest BCUT2D eigenvalue weighted by Crippen LogP contribution is -2.35. The molecule has 0 saturated carbocycles. The molecule has 1 unspecified atom stereocenters. The molecule has 1 fully saturated rings. The molecule has 0 amide bonds. The molecule has 0 aromatic heterocycles. The van der Waals surface area contributed by atoms with E-state index >= 15 is 0 Å². The van der Waals surface area contributed by atoms with Crippen molar-refractivity contribution >= 4 is 12.6 Å². The highest BCUT2D eigenvalue weighted by atomic mass is 16.7. The average molecular weight is 219 g/mol. The Morgan fingerprint density at radius 3 is 2.75 bits per heavy atom. The fourth-order valence-electron chi connectivity index (χ4n) is 1.76. The Bertz CT molecular complexity index is 381. The lowest BCUT2D eigenvalue weighted by atomic mass is 9.78. The van der Waals surface area contributed by atoms with Crippen molar-refractivity contribution in [2.45, 2.75) is 39.0 Å². The summed E-state index contributed by atoms with van der Waals surface area (Å²) in [6, 6.07) is 8.05. The van der Waals surface area contributed by atoms with E-state index in [0.29, 0.717) is 6.54 Å². The van der Waals surface area contributed by atoms with Gasteiger partial charge in [-0.2, -0.15) is 0 Å². The predicted octanol–water partition coefficient (Wildman–Crippen LogP) is 1.05. The quantitative estimate of drug-likeness (QED) is 0.756. The molecule has 1 aromatic rings. The second kappa shape index (κ2) is 4.20. The summed E-state index contributed by atoms with van der Waals surface area (Å²) in [7, 11) is -0.267. The minimum atomic E-state index is -0.267. The average Bonchev–Trinajstić information content (AvgIpc) is 2.54. The monoisotopic (exact) mass is 219 g/mol. The molecule has 0 spiro atoms. The minimum absolute atomic E-state index is 0.0963. The molecule has 1 aliphatic rings. The lowest BCUT2D eigenvalue weighted by molar-refractivity contribution is 0.0842. The third kappa shape index (κ3) is 2.14. The van der Waals surface area contributed by atoms with Gasteiger partial charge in [-0.05, 0) is 31.8 Å². The van der Waals surface area contributed by atoms with Gasteiger partial charge in [0.2, 0.25) is 0 Å². The van der Waals surface area contributed by atoms with Crippen LogP contribution in [0.3, 0.4) is 0 Å². The van der Waals surface area contributed by atoms with Gasteiger partial charge in [-0.25, -0.2) is 0 Å². The van der Waals surface area contributed by atoms with E-state index in [9.17, 15) is 0 Å². The Labute approximate surface area is 97.1 Å². The molecule has 0 aliphatic carbocycles. The van der Waals surface area contributed by atoms with Crippen LogP contribution in [0.4, 0.5) is 0 Å². The van der Waals surface area contributed by atoms with E-state index in [-0.39, 0.29) is 18.8 Å².